The van der Waals surface area contributed by atoms with Crippen molar-refractivity contribution < 1.29 is 9.63 Å². The lowest BCUT2D eigenvalue weighted by Gasteiger charge is -2.01. The third kappa shape index (κ3) is 3.15. The summed E-state index contributed by atoms with van der Waals surface area (Å²) in [7, 11) is 0. The molecule has 0 atom stereocenters. The molecular formula is C18H13NO2. The summed E-state index contributed by atoms with van der Waals surface area (Å²) >= 11 is 0. The predicted molar refractivity (Wildman–Crippen MR) is 83.4 cm³/mol. The molecule has 0 unspecified atom stereocenters. The topological polar surface area (TPSA) is 38.7 Å². The second-order valence-corrected chi connectivity index (χ2v) is 4.59. The molecule has 0 fully saturated rings. The Morgan fingerprint density at radius 2 is 1.57 bits per heavy atom. The zero-order valence-corrected chi connectivity index (χ0v) is 11.3. The Bertz CT molecular complexity index is 794. The third-order valence-corrected chi connectivity index (χ3v) is 3.12. The van der Waals surface area contributed by atoms with Gasteiger partial charge in [-0.25, -0.2) is 4.79 Å². The van der Waals surface area contributed by atoms with Crippen molar-refractivity contribution in [2.24, 2.45) is 5.16 Å². The van der Waals surface area contributed by atoms with Gasteiger partial charge in [0.25, 0.3) is 0 Å². The lowest BCUT2D eigenvalue weighted by atomic mass is 10.1. The third-order valence-electron chi connectivity index (χ3n) is 3.12. The van der Waals surface area contributed by atoms with Crippen LogP contribution in [0.1, 0.15) is 15.9 Å². The van der Waals surface area contributed by atoms with E-state index in [1.165, 1.54) is 6.21 Å². The fourth-order valence-electron chi connectivity index (χ4n) is 2.04. The minimum atomic E-state index is -0.465. The van der Waals surface area contributed by atoms with E-state index in [1.807, 2.05) is 60.7 Å². The largest absolute Gasteiger partial charge is 0.365 e. The maximum atomic E-state index is 11.9. The standard InChI is InChI=1S/C18H13NO2/c20-18(21-19-13-14-6-2-1-3-7-14)17-11-10-15-8-4-5-9-16(15)12-17/h1-13H/b19-13+. The van der Waals surface area contributed by atoms with Crippen molar-refractivity contribution in [3.63, 3.8) is 0 Å². The monoisotopic (exact) mass is 275 g/mol. The number of benzene rings is 3. The minimum absolute atomic E-state index is 0.465. The number of carbonyl (C=O) groups excluding carboxylic acids is 1. The van der Waals surface area contributed by atoms with E-state index in [9.17, 15) is 4.79 Å². The molecular weight excluding hydrogens is 262 g/mol. The van der Waals surface area contributed by atoms with Gasteiger partial charge >= 0.3 is 5.97 Å². The summed E-state index contributed by atoms with van der Waals surface area (Å²) in [5, 5.41) is 5.81. The molecule has 0 N–H and O–H groups in total. The Kier molecular flexibility index (Phi) is 3.74. The van der Waals surface area contributed by atoms with Crippen molar-refractivity contribution >= 4 is 23.0 Å². The van der Waals surface area contributed by atoms with Crippen LogP contribution in [0.3, 0.4) is 0 Å². The van der Waals surface area contributed by atoms with E-state index < -0.39 is 5.97 Å². The molecule has 0 aromatic heterocycles. The number of hydrogen-bond donors (Lipinski definition) is 0. The summed E-state index contributed by atoms with van der Waals surface area (Å²) < 4.78 is 0. The van der Waals surface area contributed by atoms with Gasteiger partial charge < -0.3 is 4.84 Å². The van der Waals surface area contributed by atoms with Gasteiger partial charge in [0.15, 0.2) is 0 Å². The molecule has 0 radical (unpaired) electrons. The van der Waals surface area contributed by atoms with E-state index in [1.54, 1.807) is 12.1 Å². The molecule has 0 aliphatic heterocycles. The van der Waals surface area contributed by atoms with E-state index in [2.05, 4.69) is 5.16 Å². The molecule has 0 saturated heterocycles. The van der Waals surface area contributed by atoms with Gasteiger partial charge in [0.1, 0.15) is 0 Å². The van der Waals surface area contributed by atoms with Gasteiger partial charge in [-0.2, -0.15) is 0 Å². The Hall–Kier alpha value is -2.94. The van der Waals surface area contributed by atoms with E-state index in [4.69, 9.17) is 4.84 Å². The predicted octanol–water partition coefficient (Wildman–Crippen LogP) is 4.03. The van der Waals surface area contributed by atoms with E-state index in [0.717, 1.165) is 16.3 Å². The Balaban J connectivity index is 1.73. The maximum Gasteiger partial charge on any atom is 0.365 e. The van der Waals surface area contributed by atoms with Crippen LogP contribution in [-0.2, 0) is 4.84 Å². The summed E-state index contributed by atoms with van der Waals surface area (Å²) in [5.41, 5.74) is 1.36. The first-order chi connectivity index (χ1) is 10.3. The van der Waals surface area contributed by atoms with Crippen LogP contribution in [-0.4, -0.2) is 12.2 Å². The summed E-state index contributed by atoms with van der Waals surface area (Å²) in [6.45, 7) is 0. The Morgan fingerprint density at radius 1 is 0.857 bits per heavy atom. The molecule has 0 amide bonds. The maximum absolute atomic E-state index is 11.9. The molecule has 0 aliphatic carbocycles. The average Bonchev–Trinajstić information content (AvgIpc) is 2.55. The van der Waals surface area contributed by atoms with Crippen molar-refractivity contribution in [1.29, 1.82) is 0 Å². The molecule has 3 rings (SSSR count). The smallest absolute Gasteiger partial charge is 0.313 e. The summed E-state index contributed by atoms with van der Waals surface area (Å²) in [4.78, 5) is 16.9. The molecule has 0 saturated carbocycles. The van der Waals surface area contributed by atoms with Gasteiger partial charge in [0.2, 0.25) is 0 Å². The highest BCUT2D eigenvalue weighted by atomic mass is 16.7. The van der Waals surface area contributed by atoms with Crippen LogP contribution in [0.15, 0.2) is 78.0 Å². The molecule has 0 heterocycles. The van der Waals surface area contributed by atoms with Crippen LogP contribution in [0.4, 0.5) is 0 Å². The summed E-state index contributed by atoms with van der Waals surface area (Å²) in [6, 6.07) is 22.8. The second-order valence-electron chi connectivity index (χ2n) is 4.59. The van der Waals surface area contributed by atoms with E-state index >= 15 is 0 Å². The first kappa shape index (κ1) is 13.1. The second kappa shape index (κ2) is 6.01. The molecule has 0 aliphatic rings. The fraction of sp³-hybridized carbons (Fsp3) is 0. The van der Waals surface area contributed by atoms with Crippen LogP contribution in [0, 0.1) is 0 Å². The van der Waals surface area contributed by atoms with Crippen LogP contribution >= 0.6 is 0 Å². The highest BCUT2D eigenvalue weighted by molar-refractivity contribution is 5.95. The Labute approximate surface area is 122 Å². The number of fused-ring (bicyclic) bond motifs is 1. The Morgan fingerprint density at radius 3 is 2.38 bits per heavy atom. The van der Waals surface area contributed by atoms with Gasteiger partial charge in [-0.3, -0.25) is 0 Å². The molecule has 0 spiro atoms. The molecule has 102 valence electrons. The lowest BCUT2D eigenvalue weighted by Crippen LogP contribution is -2.00. The number of rotatable bonds is 3. The molecule has 3 nitrogen and oxygen atoms in total. The summed E-state index contributed by atoms with van der Waals surface area (Å²) in [6.07, 6.45) is 1.51. The molecule has 3 heteroatoms. The van der Waals surface area contributed by atoms with Gasteiger partial charge in [0.05, 0.1) is 11.8 Å². The van der Waals surface area contributed by atoms with E-state index in [-0.39, 0.29) is 0 Å². The molecule has 21 heavy (non-hydrogen) atoms. The van der Waals surface area contributed by atoms with Gasteiger partial charge in [-0.1, -0.05) is 65.8 Å². The molecule has 0 bridgehead atoms. The molecule has 3 aromatic rings. The van der Waals surface area contributed by atoms with Gasteiger partial charge in [-0.05, 0) is 28.5 Å². The van der Waals surface area contributed by atoms with E-state index in [0.29, 0.717) is 5.56 Å². The van der Waals surface area contributed by atoms with Crippen LogP contribution in [0.5, 0.6) is 0 Å². The van der Waals surface area contributed by atoms with Crippen molar-refractivity contribution in [2.45, 2.75) is 0 Å². The van der Waals surface area contributed by atoms with Crippen molar-refractivity contribution in [3.8, 4) is 0 Å². The number of nitrogens with zero attached hydrogens (tertiary/aromatic N) is 1. The zero-order valence-electron chi connectivity index (χ0n) is 11.3. The lowest BCUT2D eigenvalue weighted by molar-refractivity contribution is 0.0519. The normalized spacial score (nSPS) is 10.9. The highest BCUT2D eigenvalue weighted by Crippen LogP contribution is 2.16. The van der Waals surface area contributed by atoms with Crippen molar-refractivity contribution in [3.05, 3.63) is 83.9 Å². The number of oxime groups is 1. The van der Waals surface area contributed by atoms with Gasteiger partial charge in [0, 0.05) is 0 Å². The first-order valence-electron chi connectivity index (χ1n) is 6.61. The zero-order chi connectivity index (χ0) is 14.5. The number of hydrogen-bond acceptors (Lipinski definition) is 3. The SMILES string of the molecule is O=C(O/N=C/c1ccccc1)c1ccc2ccccc2c1. The van der Waals surface area contributed by atoms with Crippen molar-refractivity contribution in [1.82, 2.24) is 0 Å². The summed E-state index contributed by atoms with van der Waals surface area (Å²) in [5.74, 6) is -0.465. The number of carbonyl (C=O) groups is 1. The van der Waals surface area contributed by atoms with Crippen LogP contribution < -0.4 is 0 Å². The highest BCUT2D eigenvalue weighted by Gasteiger charge is 2.07. The minimum Gasteiger partial charge on any atom is -0.313 e. The first-order valence-corrected chi connectivity index (χ1v) is 6.61. The fourth-order valence-corrected chi connectivity index (χ4v) is 2.04. The quantitative estimate of drug-likeness (QED) is 0.411. The van der Waals surface area contributed by atoms with Gasteiger partial charge in [-0.15, -0.1) is 0 Å². The van der Waals surface area contributed by atoms with Crippen LogP contribution in [0.2, 0.25) is 0 Å². The average molecular weight is 275 g/mol. The molecule has 3 aromatic carbocycles. The van der Waals surface area contributed by atoms with Crippen LogP contribution in [0.25, 0.3) is 10.8 Å². The van der Waals surface area contributed by atoms with Crippen molar-refractivity contribution in [2.75, 3.05) is 0 Å².